The molecule has 43 heavy (non-hydrogen) atoms. The Balaban J connectivity index is 2.10. The molecular weight excluding hydrogens is 671 g/mol. The summed E-state index contributed by atoms with van der Waals surface area (Å²) in [6.07, 6.45) is -4.88. The van der Waals surface area contributed by atoms with Crippen LogP contribution in [-0.4, -0.2) is 44.3 Å². The number of anilines is 1. The molecule has 0 saturated carbocycles. The molecule has 0 aliphatic heterocycles. The van der Waals surface area contributed by atoms with Gasteiger partial charge in [-0.2, -0.15) is 13.2 Å². The zero-order valence-electron chi connectivity index (χ0n) is 24.0. The van der Waals surface area contributed by atoms with Crippen molar-refractivity contribution in [3.63, 3.8) is 0 Å². The number of sulfonamides is 1. The van der Waals surface area contributed by atoms with Gasteiger partial charge in [-0.3, -0.25) is 13.9 Å². The summed E-state index contributed by atoms with van der Waals surface area (Å²) in [5.74, 6) is -1.12. The van der Waals surface area contributed by atoms with Gasteiger partial charge >= 0.3 is 6.18 Å². The van der Waals surface area contributed by atoms with Crippen LogP contribution in [0, 0.1) is 12.8 Å². The van der Waals surface area contributed by atoms with E-state index in [4.69, 9.17) is 11.6 Å². The van der Waals surface area contributed by atoms with Gasteiger partial charge in [-0.15, -0.1) is 0 Å². The van der Waals surface area contributed by atoms with Crippen LogP contribution >= 0.6 is 27.5 Å². The van der Waals surface area contributed by atoms with E-state index in [0.29, 0.717) is 22.5 Å². The molecule has 0 radical (unpaired) electrons. The molecule has 1 N–H and O–H groups in total. The van der Waals surface area contributed by atoms with Gasteiger partial charge in [0.1, 0.15) is 12.6 Å². The largest absolute Gasteiger partial charge is 0.417 e. The maximum Gasteiger partial charge on any atom is 0.417 e. The average molecular weight is 703 g/mol. The Labute approximate surface area is 263 Å². The molecule has 0 fully saturated rings. The van der Waals surface area contributed by atoms with Crippen molar-refractivity contribution in [2.24, 2.45) is 5.92 Å². The molecule has 13 heteroatoms. The second-order valence-electron chi connectivity index (χ2n) is 10.4. The first-order valence-electron chi connectivity index (χ1n) is 13.3. The number of nitrogens with zero attached hydrogens (tertiary/aromatic N) is 2. The number of carbonyl (C=O) groups is 2. The van der Waals surface area contributed by atoms with Gasteiger partial charge in [-0.05, 0) is 67.8 Å². The molecule has 3 aromatic carbocycles. The zero-order chi connectivity index (χ0) is 32.1. The fourth-order valence-electron chi connectivity index (χ4n) is 4.07. The third-order valence-electron chi connectivity index (χ3n) is 6.55. The van der Waals surface area contributed by atoms with Gasteiger partial charge in [0.05, 0.1) is 21.2 Å². The smallest absolute Gasteiger partial charge is 0.354 e. The molecule has 3 rings (SSSR count). The second kappa shape index (κ2) is 14.1. The average Bonchev–Trinajstić information content (AvgIpc) is 2.93. The number of carbonyl (C=O) groups excluding carboxylic acids is 2. The van der Waals surface area contributed by atoms with E-state index in [-0.39, 0.29) is 17.4 Å². The minimum atomic E-state index is -4.88. The maximum absolute atomic E-state index is 13.9. The van der Waals surface area contributed by atoms with Gasteiger partial charge in [0, 0.05) is 17.6 Å². The number of halogens is 5. The van der Waals surface area contributed by atoms with E-state index in [2.05, 4.69) is 21.2 Å². The minimum Gasteiger partial charge on any atom is -0.354 e. The Kier molecular flexibility index (Phi) is 11.3. The summed E-state index contributed by atoms with van der Waals surface area (Å²) in [4.78, 5) is 28.0. The summed E-state index contributed by atoms with van der Waals surface area (Å²) in [6.45, 7) is 6.48. The topological polar surface area (TPSA) is 86.8 Å². The molecule has 0 heterocycles. The molecule has 0 aliphatic carbocycles. The number of aryl methyl sites for hydroxylation is 1. The van der Waals surface area contributed by atoms with Crippen molar-refractivity contribution in [2.45, 2.75) is 51.4 Å². The Hall–Kier alpha value is -3.09. The van der Waals surface area contributed by atoms with Crippen LogP contribution in [0.5, 0.6) is 0 Å². The lowest BCUT2D eigenvalue weighted by atomic mass is 10.1. The molecule has 2 amide bonds. The Morgan fingerprint density at radius 3 is 2.14 bits per heavy atom. The lowest BCUT2D eigenvalue weighted by Crippen LogP contribution is -2.51. The fourth-order valence-corrected chi connectivity index (χ4v) is 5.97. The van der Waals surface area contributed by atoms with E-state index in [1.165, 1.54) is 36.1 Å². The quantitative estimate of drug-likeness (QED) is 0.238. The van der Waals surface area contributed by atoms with Crippen molar-refractivity contribution in [3.8, 4) is 0 Å². The molecular formula is C30H32BrClF3N3O4S. The molecule has 0 aliphatic rings. The normalized spacial score (nSPS) is 12.6. The van der Waals surface area contributed by atoms with Crippen LogP contribution in [0.25, 0.3) is 0 Å². The maximum atomic E-state index is 13.9. The van der Waals surface area contributed by atoms with E-state index in [0.717, 1.165) is 22.2 Å². The Morgan fingerprint density at radius 2 is 1.58 bits per heavy atom. The van der Waals surface area contributed by atoms with E-state index in [1.807, 2.05) is 13.8 Å². The second-order valence-corrected chi connectivity index (χ2v) is 13.6. The molecule has 232 valence electrons. The fraction of sp³-hybridized carbons (Fsp3) is 0.333. The number of amides is 2. The van der Waals surface area contributed by atoms with Crippen LogP contribution < -0.4 is 9.62 Å². The van der Waals surface area contributed by atoms with Gasteiger partial charge in [0.2, 0.25) is 11.8 Å². The Bertz CT molecular complexity index is 1550. The lowest BCUT2D eigenvalue weighted by molar-refractivity contribution is -0.139. The van der Waals surface area contributed by atoms with Crippen LogP contribution in [0.2, 0.25) is 5.02 Å². The summed E-state index contributed by atoms with van der Waals surface area (Å²) in [7, 11) is -4.55. The van der Waals surface area contributed by atoms with Crippen LogP contribution in [0.15, 0.2) is 76.1 Å². The van der Waals surface area contributed by atoms with Crippen LogP contribution in [-0.2, 0) is 32.3 Å². The van der Waals surface area contributed by atoms with Crippen molar-refractivity contribution < 1.29 is 31.2 Å². The predicted octanol–water partition coefficient (Wildman–Crippen LogP) is 6.81. The number of benzene rings is 3. The number of alkyl halides is 3. The third-order valence-corrected chi connectivity index (χ3v) is 9.20. The minimum absolute atomic E-state index is 0.0603. The van der Waals surface area contributed by atoms with Gasteiger partial charge < -0.3 is 10.2 Å². The van der Waals surface area contributed by atoms with Crippen LogP contribution in [0.1, 0.15) is 37.5 Å². The van der Waals surface area contributed by atoms with Crippen molar-refractivity contribution in [2.75, 3.05) is 17.4 Å². The van der Waals surface area contributed by atoms with Gasteiger partial charge in [0.25, 0.3) is 10.0 Å². The van der Waals surface area contributed by atoms with E-state index >= 15 is 0 Å². The first-order chi connectivity index (χ1) is 20.0. The molecule has 0 spiro atoms. The first-order valence-corrected chi connectivity index (χ1v) is 15.9. The standard InChI is InChI=1S/C30H32BrClF3N3O4S/c1-19(2)16-36-29(40)21(4)37(17-22-7-9-23(31)10-8-22)28(39)18-38(43(41,42)25-12-5-20(3)6-13-25)24-11-14-27(32)26(15-24)30(33,34)35/h5-15,19,21H,16-18H2,1-4H3,(H,36,40)/t21-/m0/s1. The van der Waals surface area contributed by atoms with Crippen LogP contribution in [0.3, 0.4) is 0 Å². The molecule has 0 bridgehead atoms. The van der Waals surface area contributed by atoms with Crippen molar-refractivity contribution in [3.05, 3.63) is 92.9 Å². The SMILES string of the molecule is Cc1ccc(S(=O)(=O)N(CC(=O)N(Cc2ccc(Br)cc2)[C@@H](C)C(=O)NCC(C)C)c2ccc(Cl)c(C(F)(F)F)c2)cc1. The highest BCUT2D eigenvalue weighted by molar-refractivity contribution is 9.10. The Morgan fingerprint density at radius 1 is 0.977 bits per heavy atom. The molecule has 3 aromatic rings. The molecule has 0 aromatic heterocycles. The molecule has 0 unspecified atom stereocenters. The highest BCUT2D eigenvalue weighted by Gasteiger charge is 2.37. The summed E-state index contributed by atoms with van der Waals surface area (Å²) in [6, 6.07) is 14.3. The first kappa shape index (κ1) is 34.4. The molecule has 7 nitrogen and oxygen atoms in total. The van der Waals surface area contributed by atoms with E-state index in [1.54, 1.807) is 31.2 Å². The summed E-state index contributed by atoms with van der Waals surface area (Å²) < 4.78 is 70.5. The highest BCUT2D eigenvalue weighted by Crippen LogP contribution is 2.38. The van der Waals surface area contributed by atoms with Crippen molar-refractivity contribution >= 4 is 55.1 Å². The summed E-state index contributed by atoms with van der Waals surface area (Å²) in [5, 5.41) is 2.15. The number of hydrogen-bond donors (Lipinski definition) is 1. The van der Waals surface area contributed by atoms with Crippen LogP contribution in [0.4, 0.5) is 18.9 Å². The molecule has 1 atom stereocenters. The zero-order valence-corrected chi connectivity index (χ0v) is 27.1. The van der Waals surface area contributed by atoms with Gasteiger partial charge in [0.15, 0.2) is 0 Å². The number of nitrogens with one attached hydrogen (secondary N) is 1. The summed E-state index contributed by atoms with van der Waals surface area (Å²) in [5.41, 5.74) is -0.254. The van der Waals surface area contributed by atoms with Crippen molar-refractivity contribution in [1.82, 2.24) is 10.2 Å². The van der Waals surface area contributed by atoms with Gasteiger partial charge in [-0.1, -0.05) is 71.2 Å². The summed E-state index contributed by atoms with van der Waals surface area (Å²) >= 11 is 9.16. The van der Waals surface area contributed by atoms with Gasteiger partial charge in [-0.25, -0.2) is 8.42 Å². The monoisotopic (exact) mass is 701 g/mol. The highest BCUT2D eigenvalue weighted by atomic mass is 79.9. The van der Waals surface area contributed by atoms with Crippen molar-refractivity contribution in [1.29, 1.82) is 0 Å². The predicted molar refractivity (Wildman–Crippen MR) is 164 cm³/mol. The lowest BCUT2D eigenvalue weighted by Gasteiger charge is -2.32. The third kappa shape index (κ3) is 8.96. The van der Waals surface area contributed by atoms with E-state index in [9.17, 15) is 31.2 Å². The number of hydrogen-bond acceptors (Lipinski definition) is 4. The number of rotatable bonds is 11. The van der Waals surface area contributed by atoms with E-state index < -0.39 is 56.9 Å². The molecule has 0 saturated heterocycles.